The van der Waals surface area contributed by atoms with Crippen molar-refractivity contribution >= 4 is 23.4 Å². The van der Waals surface area contributed by atoms with E-state index >= 15 is 0 Å². The Labute approximate surface area is 180 Å². The van der Waals surface area contributed by atoms with E-state index in [1.54, 1.807) is 74.2 Å². The first-order chi connectivity index (χ1) is 14.8. The molecule has 158 valence electrons. The molecule has 7 nitrogen and oxygen atoms in total. The fourth-order valence-electron chi connectivity index (χ4n) is 3.14. The van der Waals surface area contributed by atoms with E-state index in [9.17, 15) is 14.4 Å². The van der Waals surface area contributed by atoms with E-state index in [1.165, 1.54) is 4.90 Å². The smallest absolute Gasteiger partial charge is 0.275 e. The Balaban J connectivity index is 2.08. The molecule has 7 heteroatoms. The summed E-state index contributed by atoms with van der Waals surface area (Å²) in [7, 11) is 3.26. The van der Waals surface area contributed by atoms with Crippen molar-refractivity contribution in [3.63, 3.8) is 0 Å². The summed E-state index contributed by atoms with van der Waals surface area (Å²) >= 11 is 0. The molecule has 0 saturated carbocycles. The molecule has 0 saturated heterocycles. The van der Waals surface area contributed by atoms with Crippen molar-refractivity contribution in [3.8, 4) is 11.1 Å². The lowest BCUT2D eigenvalue weighted by atomic mass is 9.96. The van der Waals surface area contributed by atoms with Gasteiger partial charge in [0.1, 0.15) is 0 Å². The Morgan fingerprint density at radius 1 is 0.839 bits per heavy atom. The van der Waals surface area contributed by atoms with Gasteiger partial charge in [-0.1, -0.05) is 35.9 Å². The molecule has 3 aromatic carbocycles. The van der Waals surface area contributed by atoms with Crippen molar-refractivity contribution in [2.24, 2.45) is 0 Å². The Bertz CT molecular complexity index is 1140. The van der Waals surface area contributed by atoms with Gasteiger partial charge in [-0.05, 0) is 54.4 Å². The van der Waals surface area contributed by atoms with Gasteiger partial charge in [-0.25, -0.2) is 5.48 Å². The highest BCUT2D eigenvalue weighted by molar-refractivity contribution is 6.06. The van der Waals surface area contributed by atoms with Crippen LogP contribution in [-0.4, -0.2) is 41.9 Å². The first-order valence-electron chi connectivity index (χ1n) is 9.58. The molecule has 3 rings (SSSR count). The van der Waals surface area contributed by atoms with Crippen molar-refractivity contribution in [2.75, 3.05) is 19.4 Å². The predicted octanol–water partition coefficient (Wildman–Crippen LogP) is 3.74. The maximum absolute atomic E-state index is 12.7. The van der Waals surface area contributed by atoms with E-state index in [0.29, 0.717) is 27.9 Å². The van der Waals surface area contributed by atoms with Crippen LogP contribution in [0.15, 0.2) is 66.7 Å². The molecular weight excluding hydrogens is 394 g/mol. The third-order valence-corrected chi connectivity index (χ3v) is 4.74. The maximum Gasteiger partial charge on any atom is 0.275 e. The molecule has 3 N–H and O–H groups in total. The van der Waals surface area contributed by atoms with Crippen LogP contribution in [-0.2, 0) is 0 Å². The van der Waals surface area contributed by atoms with E-state index < -0.39 is 5.91 Å². The molecule has 0 aliphatic rings. The van der Waals surface area contributed by atoms with Crippen LogP contribution in [0.5, 0.6) is 0 Å². The molecule has 3 aromatic rings. The quantitative estimate of drug-likeness (QED) is 0.435. The van der Waals surface area contributed by atoms with Crippen LogP contribution in [0.1, 0.15) is 36.6 Å². The monoisotopic (exact) mass is 417 g/mol. The zero-order valence-electron chi connectivity index (χ0n) is 17.5. The average Bonchev–Trinajstić information content (AvgIpc) is 2.78. The third-order valence-electron chi connectivity index (χ3n) is 4.74. The SMILES string of the molecule is Cc1ccc(C(=O)Nc2cc(C(=O)N(C)C)cc(-c3ccccc3C(=O)NO)c2)cc1. The maximum atomic E-state index is 12.7. The lowest BCUT2D eigenvalue weighted by molar-refractivity contribution is 0.0707. The fraction of sp³-hybridized carbons (Fsp3) is 0.125. The molecule has 31 heavy (non-hydrogen) atoms. The minimum absolute atomic E-state index is 0.232. The summed E-state index contributed by atoms with van der Waals surface area (Å²) in [6, 6.07) is 18.7. The molecule has 0 aliphatic heterocycles. The molecule has 0 aliphatic carbocycles. The van der Waals surface area contributed by atoms with Crippen molar-refractivity contribution in [1.29, 1.82) is 0 Å². The van der Waals surface area contributed by atoms with Crippen LogP contribution in [0.3, 0.4) is 0 Å². The molecule has 0 unspecified atom stereocenters. The second-order valence-electron chi connectivity index (χ2n) is 7.31. The van der Waals surface area contributed by atoms with Crippen LogP contribution in [0, 0.1) is 6.92 Å². The van der Waals surface area contributed by atoms with Crippen LogP contribution in [0.2, 0.25) is 0 Å². The van der Waals surface area contributed by atoms with E-state index in [-0.39, 0.29) is 17.4 Å². The second kappa shape index (κ2) is 9.23. The number of carbonyl (C=O) groups excluding carboxylic acids is 3. The molecule has 0 radical (unpaired) electrons. The number of aryl methyl sites for hydroxylation is 1. The molecule has 3 amide bonds. The van der Waals surface area contributed by atoms with Crippen LogP contribution in [0.4, 0.5) is 5.69 Å². The molecule has 0 atom stereocenters. The van der Waals surface area contributed by atoms with Gasteiger partial charge in [0.2, 0.25) is 0 Å². The normalized spacial score (nSPS) is 10.3. The molecule has 0 spiro atoms. The number of anilines is 1. The van der Waals surface area contributed by atoms with E-state index in [1.807, 2.05) is 19.1 Å². The Hall–Kier alpha value is -3.97. The minimum Gasteiger partial charge on any atom is -0.345 e. The first kappa shape index (κ1) is 21.7. The molecule has 0 bridgehead atoms. The Morgan fingerprint density at radius 2 is 1.52 bits per heavy atom. The zero-order chi connectivity index (χ0) is 22.5. The predicted molar refractivity (Wildman–Crippen MR) is 118 cm³/mol. The highest BCUT2D eigenvalue weighted by Crippen LogP contribution is 2.29. The lowest BCUT2D eigenvalue weighted by Gasteiger charge is -2.15. The van der Waals surface area contributed by atoms with Crippen LogP contribution < -0.4 is 10.8 Å². The van der Waals surface area contributed by atoms with Gasteiger partial charge >= 0.3 is 0 Å². The number of hydrogen-bond donors (Lipinski definition) is 3. The number of nitrogens with zero attached hydrogens (tertiary/aromatic N) is 1. The number of hydroxylamine groups is 1. The van der Waals surface area contributed by atoms with Crippen LogP contribution >= 0.6 is 0 Å². The number of carbonyl (C=O) groups is 3. The third kappa shape index (κ3) is 4.96. The summed E-state index contributed by atoms with van der Waals surface area (Å²) in [4.78, 5) is 38.9. The van der Waals surface area contributed by atoms with Crippen molar-refractivity contribution in [1.82, 2.24) is 10.4 Å². The number of nitrogens with one attached hydrogen (secondary N) is 2. The number of benzene rings is 3. The highest BCUT2D eigenvalue weighted by atomic mass is 16.5. The van der Waals surface area contributed by atoms with Crippen LogP contribution in [0.25, 0.3) is 11.1 Å². The standard InChI is InChI=1S/C24H23N3O4/c1-15-8-10-16(11-9-15)22(28)25-19-13-17(12-18(14-19)24(30)27(2)3)20-6-4-5-7-21(20)23(29)26-31/h4-14,31H,1-3H3,(H,25,28)(H,26,29). The van der Waals surface area contributed by atoms with Gasteiger partial charge in [-0.3, -0.25) is 19.6 Å². The van der Waals surface area contributed by atoms with Crippen molar-refractivity contribution < 1.29 is 19.6 Å². The average molecular weight is 417 g/mol. The fourth-order valence-corrected chi connectivity index (χ4v) is 3.14. The number of rotatable bonds is 5. The lowest BCUT2D eigenvalue weighted by Crippen LogP contribution is -2.22. The summed E-state index contributed by atoms with van der Waals surface area (Å²) in [5, 5.41) is 11.9. The van der Waals surface area contributed by atoms with Gasteiger partial charge in [0.05, 0.1) is 0 Å². The first-order valence-corrected chi connectivity index (χ1v) is 9.58. The summed E-state index contributed by atoms with van der Waals surface area (Å²) in [6.07, 6.45) is 0. The van der Waals surface area contributed by atoms with Gasteiger partial charge in [0.15, 0.2) is 0 Å². The summed E-state index contributed by atoms with van der Waals surface area (Å²) < 4.78 is 0. The van der Waals surface area contributed by atoms with Gasteiger partial charge < -0.3 is 10.2 Å². The summed E-state index contributed by atoms with van der Waals surface area (Å²) in [5.41, 5.74) is 5.20. The van der Waals surface area contributed by atoms with Gasteiger partial charge in [-0.2, -0.15) is 0 Å². The number of hydrogen-bond acceptors (Lipinski definition) is 4. The molecular formula is C24H23N3O4. The van der Waals surface area contributed by atoms with E-state index in [4.69, 9.17) is 5.21 Å². The van der Waals surface area contributed by atoms with Gasteiger partial charge in [-0.15, -0.1) is 0 Å². The van der Waals surface area contributed by atoms with Crippen molar-refractivity contribution in [3.05, 3.63) is 89.0 Å². The van der Waals surface area contributed by atoms with E-state index in [2.05, 4.69) is 5.32 Å². The van der Waals surface area contributed by atoms with Gasteiger partial charge in [0.25, 0.3) is 17.7 Å². The molecule has 0 fully saturated rings. The Morgan fingerprint density at radius 3 is 2.16 bits per heavy atom. The molecule has 0 aromatic heterocycles. The summed E-state index contributed by atoms with van der Waals surface area (Å²) in [6.45, 7) is 1.93. The second-order valence-corrected chi connectivity index (χ2v) is 7.31. The van der Waals surface area contributed by atoms with E-state index in [0.717, 1.165) is 5.56 Å². The topological polar surface area (TPSA) is 98.7 Å². The Kier molecular flexibility index (Phi) is 6.47. The summed E-state index contributed by atoms with van der Waals surface area (Å²) in [5.74, 6) is -1.25. The zero-order valence-corrected chi connectivity index (χ0v) is 17.5. The van der Waals surface area contributed by atoms with Crippen molar-refractivity contribution in [2.45, 2.75) is 6.92 Å². The highest BCUT2D eigenvalue weighted by Gasteiger charge is 2.17. The van der Waals surface area contributed by atoms with Gasteiger partial charge in [0, 0.05) is 36.5 Å². The largest absolute Gasteiger partial charge is 0.345 e. The number of amides is 3. The minimum atomic E-state index is -0.676. The molecule has 0 heterocycles.